The van der Waals surface area contributed by atoms with Crippen molar-refractivity contribution in [1.29, 1.82) is 0 Å². The molecule has 0 aromatic heterocycles. The van der Waals surface area contributed by atoms with E-state index in [1.165, 1.54) is 6.07 Å². The summed E-state index contributed by atoms with van der Waals surface area (Å²) < 4.78 is 0. The third-order valence-electron chi connectivity index (χ3n) is 1.33. The summed E-state index contributed by atoms with van der Waals surface area (Å²) in [6, 6.07) is 4.82. The van der Waals surface area contributed by atoms with Crippen LogP contribution >= 0.6 is 11.6 Å². The third kappa shape index (κ3) is 1.89. The van der Waals surface area contributed by atoms with E-state index >= 15 is 0 Å². The Morgan fingerprint density at radius 3 is 2.91 bits per heavy atom. The highest BCUT2D eigenvalue weighted by atomic mass is 35.5. The molecule has 0 spiro atoms. The van der Waals surface area contributed by atoms with Gasteiger partial charge in [-0.3, -0.25) is 0 Å². The molecule has 0 bridgehead atoms. The van der Waals surface area contributed by atoms with Crippen molar-refractivity contribution in [1.82, 2.24) is 0 Å². The first kappa shape index (κ1) is 7.97. The van der Waals surface area contributed by atoms with Crippen LogP contribution in [0.15, 0.2) is 18.2 Å². The van der Waals surface area contributed by atoms with Crippen molar-refractivity contribution >= 4 is 11.6 Å². The van der Waals surface area contributed by atoms with Gasteiger partial charge in [0.05, 0.1) is 0 Å². The molecule has 0 radical (unpaired) electrons. The molecule has 0 heterocycles. The molecule has 0 saturated heterocycles. The number of halogens is 1. The van der Waals surface area contributed by atoms with Crippen LogP contribution in [0.5, 0.6) is 5.75 Å². The van der Waals surface area contributed by atoms with Crippen molar-refractivity contribution in [2.45, 2.75) is 6.42 Å². The van der Waals surface area contributed by atoms with Crippen LogP contribution in [0.4, 0.5) is 0 Å². The van der Waals surface area contributed by atoms with E-state index in [2.05, 4.69) is 5.92 Å². The zero-order valence-electron chi connectivity index (χ0n) is 5.84. The molecule has 0 atom stereocenters. The van der Waals surface area contributed by atoms with Crippen molar-refractivity contribution in [2.24, 2.45) is 0 Å². The minimum absolute atomic E-state index is 0.201. The smallest absolute Gasteiger partial charge is 0.119 e. The molecule has 1 N–H and O–H groups in total. The number of benzene rings is 1. The molecule has 1 nitrogen and oxygen atoms in total. The molecule has 1 aromatic carbocycles. The summed E-state index contributed by atoms with van der Waals surface area (Å²) >= 11 is 5.67. The van der Waals surface area contributed by atoms with Gasteiger partial charge in [0.1, 0.15) is 5.75 Å². The SMILES string of the molecule is C#CCc1cc(Cl)ccc1O. The molecule has 0 aliphatic heterocycles. The highest BCUT2D eigenvalue weighted by molar-refractivity contribution is 6.30. The average molecular weight is 167 g/mol. The van der Waals surface area contributed by atoms with E-state index in [0.717, 1.165) is 0 Å². The van der Waals surface area contributed by atoms with Gasteiger partial charge in [-0.1, -0.05) is 11.6 Å². The van der Waals surface area contributed by atoms with E-state index in [-0.39, 0.29) is 5.75 Å². The van der Waals surface area contributed by atoms with Gasteiger partial charge in [-0.25, -0.2) is 0 Å². The fourth-order valence-electron chi connectivity index (χ4n) is 0.806. The van der Waals surface area contributed by atoms with E-state index in [0.29, 0.717) is 17.0 Å². The Hall–Kier alpha value is -1.13. The molecule has 0 aliphatic rings. The zero-order chi connectivity index (χ0) is 8.27. The van der Waals surface area contributed by atoms with E-state index in [4.69, 9.17) is 18.0 Å². The summed E-state index contributed by atoms with van der Waals surface area (Å²) in [5, 5.41) is 9.80. The molecule has 2 heteroatoms. The van der Waals surface area contributed by atoms with Gasteiger partial charge in [-0.15, -0.1) is 12.3 Å². The molecule has 0 aliphatic carbocycles. The monoisotopic (exact) mass is 166 g/mol. The van der Waals surface area contributed by atoms with Gasteiger partial charge in [0.15, 0.2) is 0 Å². The predicted octanol–water partition coefficient (Wildman–Crippen LogP) is 2.22. The van der Waals surface area contributed by atoms with Crippen LogP contribution in [0.3, 0.4) is 0 Å². The molecule has 56 valence electrons. The molecule has 1 rings (SSSR count). The molecular weight excluding hydrogens is 160 g/mol. The lowest BCUT2D eigenvalue weighted by atomic mass is 10.1. The largest absolute Gasteiger partial charge is 0.508 e. The normalized spacial score (nSPS) is 9.09. The van der Waals surface area contributed by atoms with Crippen LogP contribution in [0.1, 0.15) is 5.56 Å². The maximum atomic E-state index is 9.21. The van der Waals surface area contributed by atoms with E-state index < -0.39 is 0 Å². The first-order chi connectivity index (χ1) is 5.24. The van der Waals surface area contributed by atoms with Crippen LogP contribution in [0.25, 0.3) is 0 Å². The van der Waals surface area contributed by atoms with Crippen LogP contribution in [0, 0.1) is 12.3 Å². The van der Waals surface area contributed by atoms with Gasteiger partial charge in [-0.05, 0) is 18.2 Å². The van der Waals surface area contributed by atoms with E-state index in [9.17, 15) is 5.11 Å². The fourth-order valence-corrected chi connectivity index (χ4v) is 1.00. The average Bonchev–Trinajstić information content (AvgIpc) is 1.98. The number of hydrogen-bond donors (Lipinski definition) is 1. The molecule has 0 saturated carbocycles. The van der Waals surface area contributed by atoms with Gasteiger partial charge in [-0.2, -0.15) is 0 Å². The van der Waals surface area contributed by atoms with E-state index in [1.54, 1.807) is 12.1 Å². The minimum atomic E-state index is 0.201. The summed E-state index contributed by atoms with van der Waals surface area (Å²) in [5.74, 6) is 2.63. The third-order valence-corrected chi connectivity index (χ3v) is 1.57. The Balaban J connectivity index is 3.05. The number of terminal acetylenes is 1. The Bertz CT molecular complexity index is 299. The molecule has 0 unspecified atom stereocenters. The Labute approximate surface area is 70.6 Å². The van der Waals surface area contributed by atoms with Crippen molar-refractivity contribution in [2.75, 3.05) is 0 Å². The summed E-state index contributed by atoms with van der Waals surface area (Å²) in [7, 11) is 0. The first-order valence-corrected chi connectivity index (χ1v) is 3.52. The maximum Gasteiger partial charge on any atom is 0.119 e. The topological polar surface area (TPSA) is 20.2 Å². The molecule has 0 amide bonds. The predicted molar refractivity (Wildman–Crippen MR) is 45.7 cm³/mol. The number of rotatable bonds is 1. The highest BCUT2D eigenvalue weighted by Gasteiger charge is 1.98. The number of aromatic hydroxyl groups is 1. The zero-order valence-corrected chi connectivity index (χ0v) is 6.60. The molecule has 11 heavy (non-hydrogen) atoms. The Morgan fingerprint density at radius 1 is 1.55 bits per heavy atom. The maximum absolute atomic E-state index is 9.21. The second kappa shape index (κ2) is 3.32. The van der Waals surface area contributed by atoms with E-state index in [1.807, 2.05) is 0 Å². The van der Waals surface area contributed by atoms with Crippen molar-refractivity contribution in [3.05, 3.63) is 28.8 Å². The fraction of sp³-hybridized carbons (Fsp3) is 0.111. The van der Waals surface area contributed by atoms with Gasteiger partial charge in [0, 0.05) is 17.0 Å². The minimum Gasteiger partial charge on any atom is -0.508 e. The lowest BCUT2D eigenvalue weighted by Crippen LogP contribution is -1.81. The molecular formula is C9H7ClO. The van der Waals surface area contributed by atoms with Gasteiger partial charge in [0.2, 0.25) is 0 Å². The van der Waals surface area contributed by atoms with Crippen molar-refractivity contribution in [3.8, 4) is 18.1 Å². The standard InChI is InChI=1S/C9H7ClO/c1-2-3-7-6-8(10)4-5-9(7)11/h1,4-6,11H,3H2. The van der Waals surface area contributed by atoms with Crippen LogP contribution in [0.2, 0.25) is 5.02 Å². The number of phenols is 1. The lowest BCUT2D eigenvalue weighted by Gasteiger charge is -1.99. The number of hydrogen-bond acceptors (Lipinski definition) is 1. The number of phenolic OH excluding ortho intramolecular Hbond substituents is 1. The van der Waals surface area contributed by atoms with Gasteiger partial charge in [0.25, 0.3) is 0 Å². The van der Waals surface area contributed by atoms with Crippen LogP contribution < -0.4 is 0 Å². The summed E-state index contributed by atoms with van der Waals surface area (Å²) in [5.41, 5.74) is 0.694. The Morgan fingerprint density at radius 2 is 2.27 bits per heavy atom. The molecule has 0 fully saturated rings. The van der Waals surface area contributed by atoms with Crippen molar-refractivity contribution in [3.63, 3.8) is 0 Å². The quantitative estimate of drug-likeness (QED) is 0.635. The van der Waals surface area contributed by atoms with Crippen molar-refractivity contribution < 1.29 is 5.11 Å². The second-order valence-electron chi connectivity index (χ2n) is 2.15. The summed E-state index contributed by atoms with van der Waals surface area (Å²) in [6.07, 6.45) is 5.48. The molecule has 1 aromatic rings. The van der Waals surface area contributed by atoms with Gasteiger partial charge >= 0.3 is 0 Å². The summed E-state index contributed by atoms with van der Waals surface area (Å²) in [4.78, 5) is 0. The summed E-state index contributed by atoms with van der Waals surface area (Å²) in [6.45, 7) is 0. The van der Waals surface area contributed by atoms with Gasteiger partial charge < -0.3 is 5.11 Å². The lowest BCUT2D eigenvalue weighted by molar-refractivity contribution is 0.470. The second-order valence-corrected chi connectivity index (χ2v) is 2.59. The highest BCUT2D eigenvalue weighted by Crippen LogP contribution is 2.21. The van der Waals surface area contributed by atoms with Crippen LogP contribution in [-0.4, -0.2) is 5.11 Å². The first-order valence-electron chi connectivity index (χ1n) is 3.15. The van der Waals surface area contributed by atoms with Crippen LogP contribution in [-0.2, 0) is 6.42 Å². The Kier molecular flexibility index (Phi) is 2.40.